The van der Waals surface area contributed by atoms with Crippen LogP contribution in [-0.2, 0) is 13.1 Å². The number of rotatable bonds is 3. The lowest BCUT2D eigenvalue weighted by Crippen LogP contribution is -2.04. The number of nitrogens with two attached hydrogens (primary N) is 1. The fourth-order valence-electron chi connectivity index (χ4n) is 1.97. The van der Waals surface area contributed by atoms with Crippen LogP contribution in [0.5, 0.6) is 0 Å². The van der Waals surface area contributed by atoms with Crippen molar-refractivity contribution in [2.75, 3.05) is 0 Å². The molecule has 2 N–H and O–H groups in total. The van der Waals surface area contributed by atoms with E-state index in [0.29, 0.717) is 13.1 Å². The van der Waals surface area contributed by atoms with Crippen molar-refractivity contribution in [2.24, 2.45) is 5.73 Å². The molecule has 0 amide bonds. The average molecular weight is 238 g/mol. The number of nitrogens with zero attached hydrogens (tertiary/aromatic N) is 3. The summed E-state index contributed by atoms with van der Waals surface area (Å²) < 4.78 is 1.96. The lowest BCUT2D eigenvalue weighted by atomic mass is 10.2. The molecule has 0 aliphatic heterocycles. The predicted molar refractivity (Wildman–Crippen MR) is 71.0 cm³/mol. The van der Waals surface area contributed by atoms with Crippen LogP contribution in [0.3, 0.4) is 0 Å². The lowest BCUT2D eigenvalue weighted by molar-refractivity contribution is 0.695. The zero-order valence-corrected chi connectivity index (χ0v) is 9.95. The largest absolute Gasteiger partial charge is 0.326 e. The van der Waals surface area contributed by atoms with Crippen molar-refractivity contribution in [3.63, 3.8) is 0 Å². The summed E-state index contributed by atoms with van der Waals surface area (Å²) in [5.41, 5.74) is 8.71. The predicted octanol–water partition coefficient (Wildman–Crippen LogP) is 1.94. The van der Waals surface area contributed by atoms with E-state index < -0.39 is 0 Å². The molecule has 2 heterocycles. The summed E-state index contributed by atoms with van der Waals surface area (Å²) in [6.45, 7) is 1.20. The van der Waals surface area contributed by atoms with Gasteiger partial charge >= 0.3 is 0 Å². The van der Waals surface area contributed by atoms with Crippen molar-refractivity contribution in [1.82, 2.24) is 14.8 Å². The Morgan fingerprint density at radius 3 is 2.72 bits per heavy atom. The maximum Gasteiger partial charge on any atom is 0.0838 e. The quantitative estimate of drug-likeness (QED) is 0.758. The Labute approximate surface area is 105 Å². The third kappa shape index (κ3) is 1.98. The summed E-state index contributed by atoms with van der Waals surface area (Å²) in [7, 11) is 0. The van der Waals surface area contributed by atoms with Gasteiger partial charge in [0.2, 0.25) is 0 Å². The first kappa shape index (κ1) is 10.9. The standard InChI is InChI=1S/C14H14N4/c15-7-11-5-6-13(16-8-11)10-18-14-4-2-1-3-12(14)9-17-18/h1-6,8-9H,7,10,15H2. The second kappa shape index (κ2) is 4.58. The Hall–Kier alpha value is -2.20. The summed E-state index contributed by atoms with van der Waals surface area (Å²) in [5, 5.41) is 5.53. The van der Waals surface area contributed by atoms with Crippen LogP contribution in [0.1, 0.15) is 11.3 Å². The van der Waals surface area contributed by atoms with E-state index in [4.69, 9.17) is 5.73 Å². The molecule has 0 unspecified atom stereocenters. The normalized spacial score (nSPS) is 10.9. The molecule has 0 aliphatic carbocycles. The first-order chi connectivity index (χ1) is 8.86. The van der Waals surface area contributed by atoms with Crippen LogP contribution >= 0.6 is 0 Å². The van der Waals surface area contributed by atoms with Gasteiger partial charge in [0.25, 0.3) is 0 Å². The van der Waals surface area contributed by atoms with Crippen molar-refractivity contribution in [3.8, 4) is 0 Å². The molecule has 3 rings (SSSR count). The highest BCUT2D eigenvalue weighted by Crippen LogP contribution is 2.13. The zero-order chi connectivity index (χ0) is 12.4. The molecule has 0 bridgehead atoms. The van der Waals surface area contributed by atoms with Gasteiger partial charge in [-0.1, -0.05) is 24.3 Å². The smallest absolute Gasteiger partial charge is 0.0838 e. The number of para-hydroxylation sites is 1. The molecule has 0 saturated carbocycles. The molecule has 0 spiro atoms. The summed E-state index contributed by atoms with van der Waals surface area (Å²) in [6, 6.07) is 12.2. The van der Waals surface area contributed by atoms with Gasteiger partial charge in [0.15, 0.2) is 0 Å². The Morgan fingerprint density at radius 1 is 1.06 bits per heavy atom. The minimum absolute atomic E-state index is 0.526. The minimum Gasteiger partial charge on any atom is -0.326 e. The highest BCUT2D eigenvalue weighted by atomic mass is 15.3. The minimum atomic E-state index is 0.526. The van der Waals surface area contributed by atoms with Crippen LogP contribution in [0.15, 0.2) is 48.8 Å². The first-order valence-corrected chi connectivity index (χ1v) is 5.91. The van der Waals surface area contributed by atoms with Crippen LogP contribution in [0, 0.1) is 0 Å². The van der Waals surface area contributed by atoms with Crippen LogP contribution in [-0.4, -0.2) is 14.8 Å². The van der Waals surface area contributed by atoms with Crippen LogP contribution < -0.4 is 5.73 Å². The molecule has 0 fully saturated rings. The molecule has 1 aromatic carbocycles. The van der Waals surface area contributed by atoms with Gasteiger partial charge in [-0.05, 0) is 17.7 Å². The highest BCUT2D eigenvalue weighted by molar-refractivity contribution is 5.78. The van der Waals surface area contributed by atoms with Gasteiger partial charge in [-0.25, -0.2) is 0 Å². The Morgan fingerprint density at radius 2 is 1.94 bits per heavy atom. The number of hydrogen-bond donors (Lipinski definition) is 1. The third-order valence-corrected chi connectivity index (χ3v) is 2.98. The van der Waals surface area contributed by atoms with Crippen LogP contribution in [0.2, 0.25) is 0 Å². The molecule has 3 aromatic rings. The SMILES string of the molecule is NCc1ccc(Cn2ncc3ccccc32)nc1. The lowest BCUT2D eigenvalue weighted by Gasteiger charge is -2.04. The van der Waals surface area contributed by atoms with Gasteiger partial charge in [-0.3, -0.25) is 9.67 Å². The van der Waals surface area contributed by atoms with E-state index in [9.17, 15) is 0 Å². The molecule has 90 valence electrons. The molecule has 18 heavy (non-hydrogen) atoms. The summed E-state index contributed by atoms with van der Waals surface area (Å²) in [5.74, 6) is 0. The first-order valence-electron chi connectivity index (χ1n) is 5.91. The second-order valence-electron chi connectivity index (χ2n) is 4.22. The molecular weight excluding hydrogens is 224 g/mol. The third-order valence-electron chi connectivity index (χ3n) is 2.98. The van der Waals surface area contributed by atoms with Crippen molar-refractivity contribution < 1.29 is 0 Å². The van der Waals surface area contributed by atoms with E-state index in [1.54, 1.807) is 0 Å². The summed E-state index contributed by atoms with van der Waals surface area (Å²) in [4.78, 5) is 4.39. The number of benzene rings is 1. The summed E-state index contributed by atoms with van der Waals surface area (Å²) in [6.07, 6.45) is 3.70. The highest BCUT2D eigenvalue weighted by Gasteiger charge is 2.03. The van der Waals surface area contributed by atoms with Gasteiger partial charge in [0.05, 0.1) is 24.0 Å². The van der Waals surface area contributed by atoms with Gasteiger partial charge in [0.1, 0.15) is 0 Å². The molecular formula is C14H14N4. The molecule has 0 atom stereocenters. The van der Waals surface area contributed by atoms with E-state index >= 15 is 0 Å². The molecule has 0 saturated heterocycles. The Bertz CT molecular complexity index is 655. The van der Waals surface area contributed by atoms with Gasteiger partial charge < -0.3 is 5.73 Å². The Balaban J connectivity index is 1.91. The van der Waals surface area contributed by atoms with E-state index in [2.05, 4.69) is 22.2 Å². The average Bonchev–Trinajstić information content (AvgIpc) is 2.83. The Kier molecular flexibility index (Phi) is 2.78. The second-order valence-corrected chi connectivity index (χ2v) is 4.22. The van der Waals surface area contributed by atoms with Crippen molar-refractivity contribution in [2.45, 2.75) is 13.1 Å². The number of hydrogen-bond acceptors (Lipinski definition) is 3. The van der Waals surface area contributed by atoms with Crippen LogP contribution in [0.4, 0.5) is 0 Å². The van der Waals surface area contributed by atoms with Crippen LogP contribution in [0.25, 0.3) is 10.9 Å². The van der Waals surface area contributed by atoms with Crippen molar-refractivity contribution in [1.29, 1.82) is 0 Å². The van der Waals surface area contributed by atoms with Gasteiger partial charge in [-0.2, -0.15) is 5.10 Å². The van der Waals surface area contributed by atoms with E-state index in [1.165, 1.54) is 0 Å². The summed E-state index contributed by atoms with van der Waals surface area (Å²) >= 11 is 0. The molecule has 0 radical (unpaired) electrons. The molecule has 4 nitrogen and oxygen atoms in total. The molecule has 0 aliphatic rings. The van der Waals surface area contributed by atoms with Crippen molar-refractivity contribution >= 4 is 10.9 Å². The van der Waals surface area contributed by atoms with E-state index in [0.717, 1.165) is 22.2 Å². The van der Waals surface area contributed by atoms with Gasteiger partial charge in [-0.15, -0.1) is 0 Å². The molecule has 4 heteroatoms. The maximum absolute atomic E-state index is 5.55. The van der Waals surface area contributed by atoms with Gasteiger partial charge in [0, 0.05) is 18.1 Å². The fourth-order valence-corrected chi connectivity index (χ4v) is 1.97. The van der Waals surface area contributed by atoms with E-state index in [1.807, 2.05) is 41.3 Å². The number of aromatic nitrogens is 3. The van der Waals surface area contributed by atoms with E-state index in [-0.39, 0.29) is 0 Å². The number of pyridine rings is 1. The monoisotopic (exact) mass is 238 g/mol. The molecule has 2 aromatic heterocycles. The topological polar surface area (TPSA) is 56.7 Å². The fraction of sp³-hybridized carbons (Fsp3) is 0.143. The zero-order valence-electron chi connectivity index (χ0n) is 9.95. The maximum atomic E-state index is 5.55. The number of fused-ring (bicyclic) bond motifs is 1. The van der Waals surface area contributed by atoms with Crippen molar-refractivity contribution in [3.05, 3.63) is 60.0 Å².